The minimum Gasteiger partial charge on any atom is -0.481 e. The van der Waals surface area contributed by atoms with Gasteiger partial charge in [-0.3, -0.25) is 9.78 Å². The number of hydrogen-bond donors (Lipinski definition) is 2. The molecule has 1 aromatic carbocycles. The molecule has 0 saturated heterocycles. The summed E-state index contributed by atoms with van der Waals surface area (Å²) in [7, 11) is 0. The molecule has 3 N–H and O–H groups in total. The number of carboxylic acids is 1. The molecule has 0 atom stereocenters. The van der Waals surface area contributed by atoms with Crippen molar-refractivity contribution in [2.75, 3.05) is 4.90 Å². The first-order chi connectivity index (χ1) is 13.9. The van der Waals surface area contributed by atoms with E-state index in [-0.39, 0.29) is 18.4 Å². The first-order valence-corrected chi connectivity index (χ1v) is 9.38. The predicted octanol–water partition coefficient (Wildman–Crippen LogP) is 3.78. The second kappa shape index (κ2) is 10.6. The van der Waals surface area contributed by atoms with Crippen LogP contribution in [0.25, 0.3) is 5.57 Å². The molecule has 0 radical (unpaired) electrons. The summed E-state index contributed by atoms with van der Waals surface area (Å²) in [5.41, 5.74) is 9.66. The molecule has 0 saturated carbocycles. The van der Waals surface area contributed by atoms with E-state index in [9.17, 15) is 4.79 Å². The molecule has 7 heteroatoms. The molecular formula is C22H25N5O2. The molecule has 0 aliphatic rings. The zero-order chi connectivity index (χ0) is 21.2. The largest absolute Gasteiger partial charge is 0.481 e. The summed E-state index contributed by atoms with van der Waals surface area (Å²) in [6, 6.07) is 11.6. The summed E-state index contributed by atoms with van der Waals surface area (Å²) in [6.07, 6.45) is 8.57. The molecule has 2 rings (SSSR count). The number of guanidine groups is 1. The average Bonchev–Trinajstić information content (AvgIpc) is 2.69. The highest BCUT2D eigenvalue weighted by Gasteiger charge is 2.16. The molecular weight excluding hydrogens is 366 g/mol. The van der Waals surface area contributed by atoms with Gasteiger partial charge in [0.1, 0.15) is 0 Å². The number of rotatable bonds is 8. The Labute approximate surface area is 170 Å². The van der Waals surface area contributed by atoms with Crippen molar-refractivity contribution >= 4 is 23.2 Å². The number of pyridine rings is 1. The van der Waals surface area contributed by atoms with Crippen LogP contribution in [0.5, 0.6) is 0 Å². The van der Waals surface area contributed by atoms with Gasteiger partial charge >= 0.3 is 5.97 Å². The molecule has 7 nitrogen and oxygen atoms in total. The predicted molar refractivity (Wildman–Crippen MR) is 114 cm³/mol. The van der Waals surface area contributed by atoms with Crippen LogP contribution in [-0.2, 0) is 4.79 Å². The molecule has 1 heterocycles. The van der Waals surface area contributed by atoms with Crippen molar-refractivity contribution < 1.29 is 9.90 Å². The van der Waals surface area contributed by atoms with E-state index in [2.05, 4.69) is 9.98 Å². The number of aromatic nitrogens is 1. The Balaban J connectivity index is 2.45. The van der Waals surface area contributed by atoms with Gasteiger partial charge in [0.25, 0.3) is 0 Å². The second-order valence-corrected chi connectivity index (χ2v) is 6.73. The van der Waals surface area contributed by atoms with Gasteiger partial charge in [0, 0.05) is 36.1 Å². The lowest BCUT2D eigenvalue weighted by atomic mass is 9.97. The minimum atomic E-state index is -0.803. The van der Waals surface area contributed by atoms with Gasteiger partial charge in [-0.05, 0) is 56.0 Å². The summed E-state index contributed by atoms with van der Waals surface area (Å²) in [6.45, 7) is 3.94. The smallest absolute Gasteiger partial charge is 0.303 e. The van der Waals surface area contributed by atoms with E-state index in [1.807, 2.05) is 56.3 Å². The lowest BCUT2D eigenvalue weighted by molar-refractivity contribution is -0.137. The van der Waals surface area contributed by atoms with Crippen LogP contribution < -0.4 is 10.6 Å². The fourth-order valence-corrected chi connectivity index (χ4v) is 3.05. The number of unbranched alkanes of at least 4 members (excludes halogenated alkanes) is 1. The van der Waals surface area contributed by atoms with Gasteiger partial charge in [-0.15, -0.1) is 4.99 Å². The van der Waals surface area contributed by atoms with Gasteiger partial charge in [0.05, 0.1) is 0 Å². The summed E-state index contributed by atoms with van der Waals surface area (Å²) >= 11 is 0. The van der Waals surface area contributed by atoms with Crippen LogP contribution in [0.4, 0.5) is 5.69 Å². The zero-order valence-corrected chi connectivity index (χ0v) is 16.6. The fraction of sp³-hybridized carbons (Fsp3) is 0.273. The molecule has 0 amide bonds. The van der Waals surface area contributed by atoms with Gasteiger partial charge in [0.2, 0.25) is 12.2 Å². The summed E-state index contributed by atoms with van der Waals surface area (Å²) in [4.78, 5) is 20.5. The molecule has 0 aliphatic heterocycles. The van der Waals surface area contributed by atoms with Crippen LogP contribution in [0, 0.1) is 11.5 Å². The lowest BCUT2D eigenvalue weighted by Crippen LogP contribution is -2.42. The maximum absolute atomic E-state index is 10.8. The summed E-state index contributed by atoms with van der Waals surface area (Å²) < 4.78 is 0. The topological polar surface area (TPSA) is 116 Å². The lowest BCUT2D eigenvalue weighted by Gasteiger charge is -2.27. The van der Waals surface area contributed by atoms with Crippen LogP contribution >= 0.6 is 0 Å². The van der Waals surface area contributed by atoms with Crippen LogP contribution in [0.1, 0.15) is 44.2 Å². The van der Waals surface area contributed by atoms with Gasteiger partial charge < -0.3 is 15.7 Å². The second-order valence-electron chi connectivity index (χ2n) is 6.73. The number of allylic oxidation sites excluding steroid dienone is 1. The maximum atomic E-state index is 10.8. The van der Waals surface area contributed by atoms with Gasteiger partial charge in [-0.2, -0.15) is 5.26 Å². The molecule has 0 bridgehead atoms. The number of benzene rings is 1. The highest BCUT2D eigenvalue weighted by Crippen LogP contribution is 2.28. The monoisotopic (exact) mass is 391 g/mol. The van der Waals surface area contributed by atoms with E-state index in [1.54, 1.807) is 23.5 Å². The van der Waals surface area contributed by atoms with Crippen molar-refractivity contribution in [1.82, 2.24) is 4.98 Å². The number of carbonyl (C=O) groups is 1. The summed E-state index contributed by atoms with van der Waals surface area (Å²) in [5.74, 6) is -0.670. The van der Waals surface area contributed by atoms with E-state index in [0.29, 0.717) is 12.8 Å². The first kappa shape index (κ1) is 21.6. The number of nitrogens with two attached hydrogens (primary N) is 1. The molecule has 0 fully saturated rings. The SMILES string of the molecule is CC(C)N(C(N)=NC#N)c1cccc(C(=CCCCC(=O)O)c2cccnc2)c1. The van der Waals surface area contributed by atoms with Crippen LogP contribution in [-0.4, -0.2) is 28.1 Å². The zero-order valence-electron chi connectivity index (χ0n) is 16.6. The Morgan fingerprint density at radius 1 is 1.34 bits per heavy atom. The van der Waals surface area contributed by atoms with E-state index < -0.39 is 5.97 Å². The number of hydrogen-bond acceptors (Lipinski definition) is 4. The van der Waals surface area contributed by atoms with Crippen molar-refractivity contribution in [3.05, 3.63) is 66.0 Å². The maximum Gasteiger partial charge on any atom is 0.303 e. The molecule has 1 aromatic heterocycles. The Morgan fingerprint density at radius 2 is 2.10 bits per heavy atom. The molecule has 29 heavy (non-hydrogen) atoms. The van der Waals surface area contributed by atoms with Gasteiger partial charge in [-0.1, -0.05) is 24.3 Å². The minimum absolute atomic E-state index is 0.00346. The number of aliphatic carboxylic acids is 1. The van der Waals surface area contributed by atoms with E-state index in [4.69, 9.17) is 16.1 Å². The quantitative estimate of drug-likeness (QED) is 0.306. The van der Waals surface area contributed by atoms with E-state index in [0.717, 1.165) is 22.4 Å². The third kappa shape index (κ3) is 6.18. The molecule has 0 spiro atoms. The molecule has 150 valence electrons. The number of nitriles is 1. The normalized spacial score (nSPS) is 11.9. The van der Waals surface area contributed by atoms with Crippen LogP contribution in [0.15, 0.2) is 59.9 Å². The number of anilines is 1. The number of nitrogens with zero attached hydrogens (tertiary/aromatic N) is 4. The molecule has 2 aromatic rings. The first-order valence-electron chi connectivity index (χ1n) is 9.38. The Kier molecular flexibility index (Phi) is 7.92. The Morgan fingerprint density at radius 3 is 2.72 bits per heavy atom. The van der Waals surface area contributed by atoms with Crippen molar-refractivity contribution in [3.8, 4) is 6.19 Å². The highest BCUT2D eigenvalue weighted by molar-refractivity contribution is 5.96. The third-order valence-corrected chi connectivity index (χ3v) is 4.28. The molecule has 0 unspecified atom stereocenters. The van der Waals surface area contributed by atoms with Crippen molar-refractivity contribution in [2.45, 2.75) is 39.2 Å². The van der Waals surface area contributed by atoms with Crippen molar-refractivity contribution in [2.24, 2.45) is 10.7 Å². The van der Waals surface area contributed by atoms with Crippen LogP contribution in [0.2, 0.25) is 0 Å². The highest BCUT2D eigenvalue weighted by atomic mass is 16.4. The van der Waals surface area contributed by atoms with Crippen LogP contribution in [0.3, 0.4) is 0 Å². The molecule has 0 aliphatic carbocycles. The third-order valence-electron chi connectivity index (χ3n) is 4.28. The number of carboxylic acid groups (broad SMARTS) is 1. The average molecular weight is 391 g/mol. The Hall–Kier alpha value is -3.66. The van der Waals surface area contributed by atoms with Gasteiger partial charge in [0.15, 0.2) is 0 Å². The van der Waals surface area contributed by atoms with E-state index >= 15 is 0 Å². The Bertz CT molecular complexity index is 930. The number of aliphatic imine (C=N–C) groups is 1. The van der Waals surface area contributed by atoms with Crippen molar-refractivity contribution in [1.29, 1.82) is 5.26 Å². The van der Waals surface area contributed by atoms with Gasteiger partial charge in [-0.25, -0.2) is 0 Å². The van der Waals surface area contributed by atoms with Crippen molar-refractivity contribution in [3.63, 3.8) is 0 Å². The standard InChI is InChI=1S/C22H25N5O2/c1-16(2)27(22(24)26-15-23)19-9-5-7-17(13-19)20(10-3-4-11-21(28)29)18-8-6-12-25-14-18/h5-10,12-14,16H,3-4,11H2,1-2H3,(H2,24,26)(H,28,29). The summed E-state index contributed by atoms with van der Waals surface area (Å²) in [5, 5.41) is 17.7. The van der Waals surface area contributed by atoms with E-state index in [1.165, 1.54) is 0 Å². The fourth-order valence-electron chi connectivity index (χ4n) is 3.05.